The van der Waals surface area contributed by atoms with E-state index in [9.17, 15) is 0 Å². The minimum Gasteiger partial charge on any atom is -0.333 e. The fourth-order valence-electron chi connectivity index (χ4n) is 2.65. The summed E-state index contributed by atoms with van der Waals surface area (Å²) in [5, 5.41) is 15.7. The molecule has 4 aromatic rings. The van der Waals surface area contributed by atoms with E-state index >= 15 is 0 Å². The summed E-state index contributed by atoms with van der Waals surface area (Å²) in [5.74, 6) is 2.69. The van der Waals surface area contributed by atoms with E-state index in [0.29, 0.717) is 17.5 Å². The standard InChI is InChI=1S/C18H17N5OS2/c1-3-23-16(13-8-5-4-7-12(13)2)20-21-18(23)26-11-15-19-17(24-22-15)14-9-6-10-25-14/h4-10H,3,11H2,1-2H3. The summed E-state index contributed by atoms with van der Waals surface area (Å²) in [7, 11) is 0. The number of aryl methyl sites for hydroxylation is 1. The summed E-state index contributed by atoms with van der Waals surface area (Å²) < 4.78 is 7.46. The maximum absolute atomic E-state index is 5.34. The quantitative estimate of drug-likeness (QED) is 0.450. The second-order valence-corrected chi connectivity index (χ2v) is 7.54. The molecule has 6 nitrogen and oxygen atoms in total. The second kappa shape index (κ2) is 7.43. The van der Waals surface area contributed by atoms with Crippen LogP contribution in [0.25, 0.3) is 22.2 Å². The van der Waals surface area contributed by atoms with E-state index in [1.165, 1.54) is 5.56 Å². The van der Waals surface area contributed by atoms with Crippen molar-refractivity contribution in [2.75, 3.05) is 0 Å². The second-order valence-electron chi connectivity index (χ2n) is 5.65. The van der Waals surface area contributed by atoms with Gasteiger partial charge in [0.1, 0.15) is 0 Å². The van der Waals surface area contributed by atoms with Gasteiger partial charge in [0.05, 0.1) is 10.6 Å². The van der Waals surface area contributed by atoms with Crippen LogP contribution in [0.4, 0.5) is 0 Å². The molecule has 0 amide bonds. The molecule has 0 spiro atoms. The predicted octanol–water partition coefficient (Wildman–Crippen LogP) is 4.68. The van der Waals surface area contributed by atoms with Crippen LogP contribution in [0.5, 0.6) is 0 Å². The third-order valence-electron chi connectivity index (χ3n) is 3.95. The number of thiophene rings is 1. The van der Waals surface area contributed by atoms with Gasteiger partial charge in [0.2, 0.25) is 0 Å². The lowest BCUT2D eigenvalue weighted by Gasteiger charge is -2.08. The largest absolute Gasteiger partial charge is 0.333 e. The summed E-state index contributed by atoms with van der Waals surface area (Å²) >= 11 is 3.15. The lowest BCUT2D eigenvalue weighted by atomic mass is 10.1. The van der Waals surface area contributed by atoms with Crippen LogP contribution in [0.2, 0.25) is 0 Å². The van der Waals surface area contributed by atoms with Gasteiger partial charge < -0.3 is 9.09 Å². The molecule has 0 radical (unpaired) electrons. The fourth-order valence-corrected chi connectivity index (χ4v) is 4.14. The highest BCUT2D eigenvalue weighted by atomic mass is 32.2. The molecule has 132 valence electrons. The Morgan fingerprint density at radius 1 is 1.15 bits per heavy atom. The first-order chi connectivity index (χ1) is 12.8. The Hall–Kier alpha value is -2.45. The Labute approximate surface area is 159 Å². The number of rotatable bonds is 6. The van der Waals surface area contributed by atoms with Crippen molar-refractivity contribution in [3.8, 4) is 22.2 Å². The van der Waals surface area contributed by atoms with E-state index in [0.717, 1.165) is 28.0 Å². The molecule has 0 bridgehead atoms. The highest BCUT2D eigenvalue weighted by Crippen LogP contribution is 2.28. The molecule has 0 aliphatic heterocycles. The molecule has 1 aromatic carbocycles. The monoisotopic (exact) mass is 383 g/mol. The van der Waals surface area contributed by atoms with E-state index in [1.54, 1.807) is 23.1 Å². The molecule has 0 N–H and O–H groups in total. The molecule has 0 atom stereocenters. The zero-order valence-corrected chi connectivity index (χ0v) is 16.0. The van der Waals surface area contributed by atoms with E-state index in [2.05, 4.69) is 50.9 Å². The molecule has 3 heterocycles. The molecule has 3 aromatic heterocycles. The molecule has 0 unspecified atom stereocenters. The number of benzene rings is 1. The Bertz CT molecular complexity index is 1010. The Morgan fingerprint density at radius 3 is 2.81 bits per heavy atom. The van der Waals surface area contributed by atoms with Crippen molar-refractivity contribution in [3.63, 3.8) is 0 Å². The van der Waals surface area contributed by atoms with Crippen LogP contribution in [-0.4, -0.2) is 24.9 Å². The van der Waals surface area contributed by atoms with Crippen LogP contribution in [0.15, 0.2) is 51.5 Å². The van der Waals surface area contributed by atoms with Crippen molar-refractivity contribution in [2.24, 2.45) is 0 Å². The first kappa shape index (κ1) is 17.0. The topological polar surface area (TPSA) is 69.6 Å². The lowest BCUT2D eigenvalue weighted by molar-refractivity contribution is 0.426. The average Bonchev–Trinajstić information content (AvgIpc) is 3.39. The Morgan fingerprint density at radius 2 is 2.04 bits per heavy atom. The van der Waals surface area contributed by atoms with Gasteiger partial charge >= 0.3 is 0 Å². The third-order valence-corrected chi connectivity index (χ3v) is 5.77. The molecule has 0 aliphatic carbocycles. The predicted molar refractivity (Wildman–Crippen MR) is 103 cm³/mol. The van der Waals surface area contributed by atoms with Gasteiger partial charge in [-0.25, -0.2) is 0 Å². The van der Waals surface area contributed by atoms with Crippen molar-refractivity contribution >= 4 is 23.1 Å². The van der Waals surface area contributed by atoms with Crippen LogP contribution < -0.4 is 0 Å². The Kier molecular flexibility index (Phi) is 4.85. The number of aromatic nitrogens is 5. The first-order valence-corrected chi connectivity index (χ1v) is 10.1. The number of nitrogens with zero attached hydrogens (tertiary/aromatic N) is 5. The van der Waals surface area contributed by atoms with Gasteiger partial charge in [-0.3, -0.25) is 0 Å². The van der Waals surface area contributed by atoms with E-state index in [1.807, 2.05) is 29.6 Å². The van der Waals surface area contributed by atoms with Crippen LogP contribution in [0.3, 0.4) is 0 Å². The van der Waals surface area contributed by atoms with E-state index < -0.39 is 0 Å². The molecular weight excluding hydrogens is 366 g/mol. The van der Waals surface area contributed by atoms with Crippen LogP contribution >= 0.6 is 23.1 Å². The summed E-state index contributed by atoms with van der Waals surface area (Å²) in [6, 6.07) is 12.2. The van der Waals surface area contributed by atoms with Crippen molar-refractivity contribution in [1.29, 1.82) is 0 Å². The van der Waals surface area contributed by atoms with Gasteiger partial charge in [-0.1, -0.05) is 47.3 Å². The summed E-state index contributed by atoms with van der Waals surface area (Å²) in [6.07, 6.45) is 0. The number of thioether (sulfide) groups is 1. The van der Waals surface area contributed by atoms with Gasteiger partial charge in [-0.15, -0.1) is 21.5 Å². The van der Waals surface area contributed by atoms with Crippen molar-refractivity contribution in [1.82, 2.24) is 24.9 Å². The maximum atomic E-state index is 5.34. The number of hydrogen-bond donors (Lipinski definition) is 0. The summed E-state index contributed by atoms with van der Waals surface area (Å²) in [4.78, 5) is 5.44. The number of hydrogen-bond acceptors (Lipinski definition) is 7. The normalized spacial score (nSPS) is 11.2. The Balaban J connectivity index is 1.53. The zero-order valence-electron chi connectivity index (χ0n) is 14.4. The molecule has 4 rings (SSSR count). The van der Waals surface area contributed by atoms with Gasteiger partial charge in [-0.2, -0.15) is 4.98 Å². The lowest BCUT2D eigenvalue weighted by Crippen LogP contribution is -2.01. The molecule has 0 aliphatic rings. The van der Waals surface area contributed by atoms with E-state index in [-0.39, 0.29) is 0 Å². The maximum Gasteiger partial charge on any atom is 0.268 e. The van der Waals surface area contributed by atoms with E-state index in [4.69, 9.17) is 4.52 Å². The highest BCUT2D eigenvalue weighted by Gasteiger charge is 2.16. The van der Waals surface area contributed by atoms with Crippen LogP contribution in [0, 0.1) is 6.92 Å². The molecule has 0 saturated carbocycles. The van der Waals surface area contributed by atoms with Gasteiger partial charge in [-0.05, 0) is 30.9 Å². The fraction of sp³-hybridized carbons (Fsp3) is 0.222. The summed E-state index contributed by atoms with van der Waals surface area (Å²) in [5.41, 5.74) is 2.29. The zero-order chi connectivity index (χ0) is 17.9. The summed E-state index contributed by atoms with van der Waals surface area (Å²) in [6.45, 7) is 4.98. The van der Waals surface area contributed by atoms with Crippen LogP contribution in [0.1, 0.15) is 18.3 Å². The smallest absolute Gasteiger partial charge is 0.268 e. The van der Waals surface area contributed by atoms with Crippen LogP contribution in [-0.2, 0) is 12.3 Å². The van der Waals surface area contributed by atoms with Crippen molar-refractivity contribution in [3.05, 3.63) is 53.2 Å². The van der Waals surface area contributed by atoms with Gasteiger partial charge in [0.15, 0.2) is 16.8 Å². The SMILES string of the molecule is CCn1c(SCc2noc(-c3cccs3)n2)nnc1-c1ccccc1C. The minimum absolute atomic E-state index is 0.563. The molecule has 0 fully saturated rings. The van der Waals surface area contributed by atoms with Gasteiger partial charge in [0, 0.05) is 12.1 Å². The first-order valence-electron chi connectivity index (χ1n) is 8.24. The van der Waals surface area contributed by atoms with Crippen molar-refractivity contribution < 1.29 is 4.52 Å². The molecule has 26 heavy (non-hydrogen) atoms. The molecule has 8 heteroatoms. The van der Waals surface area contributed by atoms with Crippen molar-refractivity contribution in [2.45, 2.75) is 31.3 Å². The molecular formula is C18H17N5OS2. The van der Waals surface area contributed by atoms with Gasteiger partial charge in [0.25, 0.3) is 5.89 Å². The third kappa shape index (κ3) is 3.30. The molecule has 0 saturated heterocycles. The highest BCUT2D eigenvalue weighted by molar-refractivity contribution is 7.98. The minimum atomic E-state index is 0.563. The average molecular weight is 384 g/mol.